The van der Waals surface area contributed by atoms with Crippen molar-refractivity contribution in [3.63, 3.8) is 0 Å². The van der Waals surface area contributed by atoms with E-state index in [1.165, 1.54) is 0 Å². The Morgan fingerprint density at radius 1 is 1.09 bits per heavy atom. The van der Waals surface area contributed by atoms with Gasteiger partial charge >= 0.3 is 12.0 Å². The molecule has 1 aromatic carbocycles. The highest BCUT2D eigenvalue weighted by atomic mass is 16.4. The molecule has 5 rings (SSSR count). The summed E-state index contributed by atoms with van der Waals surface area (Å²) in [5.74, 6) is -1.23. The number of hydrogen-bond donors (Lipinski definition) is 2. The van der Waals surface area contributed by atoms with Gasteiger partial charge in [0.25, 0.3) is 5.91 Å². The van der Waals surface area contributed by atoms with Crippen LogP contribution in [0.25, 0.3) is 11.0 Å². The van der Waals surface area contributed by atoms with Crippen LogP contribution in [0, 0.1) is 5.92 Å². The van der Waals surface area contributed by atoms with Gasteiger partial charge in [0, 0.05) is 37.3 Å². The molecule has 3 saturated heterocycles. The number of carbonyl (C=O) groups excluding carboxylic acids is 2. The van der Waals surface area contributed by atoms with Crippen molar-refractivity contribution in [2.24, 2.45) is 5.92 Å². The number of rotatable bonds is 4. The van der Waals surface area contributed by atoms with Gasteiger partial charge in [0.05, 0.1) is 23.1 Å². The highest BCUT2D eigenvalue weighted by Gasteiger charge is 2.43. The Hall–Kier alpha value is -3.14. The van der Waals surface area contributed by atoms with Crippen LogP contribution in [0.2, 0.25) is 0 Å². The number of benzene rings is 1. The third-order valence-corrected chi connectivity index (χ3v) is 7.61. The minimum Gasteiger partial charge on any atom is -0.481 e. The van der Waals surface area contributed by atoms with Crippen LogP contribution in [0.5, 0.6) is 0 Å². The van der Waals surface area contributed by atoms with E-state index >= 15 is 0 Å². The van der Waals surface area contributed by atoms with Gasteiger partial charge in [-0.2, -0.15) is 0 Å². The van der Waals surface area contributed by atoms with Crippen LogP contribution in [0.4, 0.5) is 4.79 Å². The van der Waals surface area contributed by atoms with E-state index in [1.54, 1.807) is 33.0 Å². The van der Waals surface area contributed by atoms with Gasteiger partial charge < -0.3 is 20.0 Å². The van der Waals surface area contributed by atoms with Crippen molar-refractivity contribution in [1.82, 2.24) is 19.5 Å². The van der Waals surface area contributed by atoms with E-state index in [1.807, 2.05) is 17.9 Å². The topological polar surface area (TPSA) is 119 Å². The minimum absolute atomic E-state index is 0.0272. The molecule has 182 valence electrons. The number of aromatic nitrogens is 2. The molecule has 3 fully saturated rings. The number of likely N-dealkylation sites (tertiary alicyclic amines) is 1. The molecule has 2 unspecified atom stereocenters. The van der Waals surface area contributed by atoms with Crippen LogP contribution in [-0.4, -0.2) is 85.4 Å². The number of aliphatic hydroxyl groups excluding tert-OH is 1. The molecule has 2 atom stereocenters. The predicted molar refractivity (Wildman–Crippen MR) is 124 cm³/mol. The second-order valence-corrected chi connectivity index (χ2v) is 9.61. The largest absolute Gasteiger partial charge is 0.481 e. The zero-order chi connectivity index (χ0) is 24.0. The summed E-state index contributed by atoms with van der Waals surface area (Å²) in [6, 6.07) is 5.37. The smallest absolute Gasteiger partial charge is 0.339 e. The number of aliphatic hydroxyl groups is 1. The van der Waals surface area contributed by atoms with Gasteiger partial charge in [0.2, 0.25) is 0 Å². The molecule has 2 aromatic rings. The van der Waals surface area contributed by atoms with Gasteiger partial charge in [0.1, 0.15) is 6.33 Å². The molecule has 2 bridgehead atoms. The van der Waals surface area contributed by atoms with Crippen molar-refractivity contribution in [2.45, 2.75) is 63.6 Å². The number of nitrogens with zero attached hydrogens (tertiary/aromatic N) is 5. The number of hydrogen-bond acceptors (Lipinski definition) is 5. The Labute approximate surface area is 197 Å². The number of aliphatic carboxylic acids is 1. The average molecular weight is 470 g/mol. The molecule has 3 aliphatic rings. The Kier molecular flexibility index (Phi) is 5.93. The number of carbonyl (C=O) groups is 3. The van der Waals surface area contributed by atoms with Crippen LogP contribution in [0.15, 0.2) is 24.5 Å². The molecule has 0 aliphatic carbocycles. The molecule has 4 heterocycles. The maximum absolute atomic E-state index is 13.3. The lowest BCUT2D eigenvalue weighted by Gasteiger charge is -2.37. The van der Waals surface area contributed by atoms with Crippen molar-refractivity contribution in [1.29, 1.82) is 0 Å². The Morgan fingerprint density at radius 2 is 1.76 bits per heavy atom. The summed E-state index contributed by atoms with van der Waals surface area (Å²) < 4.78 is 1.70. The fraction of sp³-hybridized carbons (Fsp3) is 0.583. The fourth-order valence-corrected chi connectivity index (χ4v) is 5.81. The van der Waals surface area contributed by atoms with E-state index in [9.17, 15) is 24.6 Å². The molecule has 2 N–H and O–H groups in total. The molecule has 34 heavy (non-hydrogen) atoms. The third kappa shape index (κ3) is 3.89. The van der Waals surface area contributed by atoms with Crippen molar-refractivity contribution >= 4 is 28.9 Å². The van der Waals surface area contributed by atoms with E-state index < -0.39 is 11.9 Å². The average Bonchev–Trinajstić information content (AvgIpc) is 3.37. The maximum Gasteiger partial charge on any atom is 0.339 e. The molecule has 3 amide bonds. The van der Waals surface area contributed by atoms with Gasteiger partial charge in [-0.25, -0.2) is 19.5 Å². The van der Waals surface area contributed by atoms with Crippen molar-refractivity contribution < 1.29 is 24.6 Å². The second-order valence-electron chi connectivity index (χ2n) is 9.61. The minimum atomic E-state index is -0.806. The zero-order valence-electron chi connectivity index (χ0n) is 19.3. The van der Waals surface area contributed by atoms with Crippen molar-refractivity contribution in [3.8, 4) is 0 Å². The quantitative estimate of drug-likeness (QED) is 0.707. The van der Waals surface area contributed by atoms with Crippen molar-refractivity contribution in [3.05, 3.63) is 30.1 Å². The number of urea groups is 1. The summed E-state index contributed by atoms with van der Waals surface area (Å²) in [4.78, 5) is 45.8. The number of fused-ring (bicyclic) bond motifs is 3. The summed E-state index contributed by atoms with van der Waals surface area (Å²) in [5, 5.41) is 20.8. The lowest BCUT2D eigenvalue weighted by Crippen LogP contribution is -2.51. The molecule has 10 heteroatoms. The van der Waals surface area contributed by atoms with Gasteiger partial charge in [-0.05, 0) is 63.6 Å². The van der Waals surface area contributed by atoms with Gasteiger partial charge in [-0.1, -0.05) is 0 Å². The highest BCUT2D eigenvalue weighted by molar-refractivity contribution is 5.98. The lowest BCUT2D eigenvalue weighted by atomic mass is 9.97. The molecule has 1 aromatic heterocycles. The van der Waals surface area contributed by atoms with E-state index in [0.717, 1.165) is 18.4 Å². The maximum atomic E-state index is 13.3. The van der Waals surface area contributed by atoms with Gasteiger partial charge in [0.15, 0.2) is 0 Å². The van der Waals surface area contributed by atoms with E-state index in [4.69, 9.17) is 0 Å². The SMILES string of the molecule is CCN(C(=O)N1CCC(C(=O)O)CC1)n1cnc2cc(C(=O)N3C4CCC3CC(O)C4)ccc21. The zero-order valence-corrected chi connectivity index (χ0v) is 19.3. The summed E-state index contributed by atoms with van der Waals surface area (Å²) in [6.07, 6.45) is 5.29. The number of imidazole rings is 1. The Morgan fingerprint density at radius 3 is 2.38 bits per heavy atom. The molecule has 0 radical (unpaired) electrons. The molecule has 3 aliphatic heterocycles. The van der Waals surface area contributed by atoms with Crippen LogP contribution < -0.4 is 5.01 Å². The first-order valence-corrected chi connectivity index (χ1v) is 12.1. The van der Waals surface area contributed by atoms with Crippen LogP contribution in [0.3, 0.4) is 0 Å². The Balaban J connectivity index is 1.34. The first kappa shape index (κ1) is 22.6. The van der Waals surface area contributed by atoms with Crippen LogP contribution in [-0.2, 0) is 4.79 Å². The molecule has 0 spiro atoms. The molecular weight excluding hydrogens is 438 g/mol. The second kappa shape index (κ2) is 8.90. The van der Waals surface area contributed by atoms with Crippen LogP contribution >= 0.6 is 0 Å². The van der Waals surface area contributed by atoms with E-state index in [-0.39, 0.29) is 30.1 Å². The van der Waals surface area contributed by atoms with Gasteiger partial charge in [-0.15, -0.1) is 0 Å². The number of carboxylic acids is 1. The molecule has 10 nitrogen and oxygen atoms in total. The monoisotopic (exact) mass is 469 g/mol. The first-order chi connectivity index (χ1) is 16.4. The number of piperidine rings is 2. The summed E-state index contributed by atoms with van der Waals surface area (Å²) in [5.41, 5.74) is 1.92. The third-order valence-electron chi connectivity index (χ3n) is 7.61. The van der Waals surface area contributed by atoms with E-state index in [2.05, 4.69) is 4.98 Å². The van der Waals surface area contributed by atoms with Crippen molar-refractivity contribution in [2.75, 3.05) is 24.6 Å². The number of carboxylic acid groups (broad SMARTS) is 1. The number of amides is 3. The normalized spacial score (nSPS) is 25.1. The van der Waals surface area contributed by atoms with E-state index in [0.29, 0.717) is 56.4 Å². The highest BCUT2D eigenvalue weighted by Crippen LogP contribution is 2.37. The first-order valence-electron chi connectivity index (χ1n) is 12.1. The summed E-state index contributed by atoms with van der Waals surface area (Å²) in [6.45, 7) is 3.12. The molecule has 0 saturated carbocycles. The van der Waals surface area contributed by atoms with Crippen LogP contribution in [0.1, 0.15) is 55.8 Å². The fourth-order valence-electron chi connectivity index (χ4n) is 5.81. The summed E-state index contributed by atoms with van der Waals surface area (Å²) in [7, 11) is 0. The molecular formula is C24H31N5O5. The summed E-state index contributed by atoms with van der Waals surface area (Å²) >= 11 is 0. The lowest BCUT2D eigenvalue weighted by molar-refractivity contribution is -0.143. The Bertz CT molecular complexity index is 1090. The van der Waals surface area contributed by atoms with Gasteiger partial charge in [-0.3, -0.25) is 9.59 Å². The predicted octanol–water partition coefficient (Wildman–Crippen LogP) is 2.04. The standard InChI is InChI=1S/C24H31N5O5/c1-2-27(24(34)26-9-7-15(8-10-26)23(32)33)28-14-25-20-11-16(3-6-21(20)28)22(31)29-17-4-5-18(29)13-19(30)12-17/h3,6,11,14-15,17-19,30H,2,4-5,7-10,12-13H2,1H3,(H,32,33).